The third-order valence-corrected chi connectivity index (χ3v) is 3.70. The predicted molar refractivity (Wildman–Crippen MR) is 93.8 cm³/mol. The molecule has 120 valence electrons. The lowest BCUT2D eigenvalue weighted by molar-refractivity contribution is -0.120. The number of benzene rings is 2. The normalized spacial score (nSPS) is 10.0. The highest BCUT2D eigenvalue weighted by Crippen LogP contribution is 2.20. The molecule has 0 saturated carbocycles. The third kappa shape index (κ3) is 4.82. The summed E-state index contributed by atoms with van der Waals surface area (Å²) in [6.07, 6.45) is 0. The van der Waals surface area contributed by atoms with Crippen LogP contribution in [0, 0.1) is 0 Å². The Balaban J connectivity index is 2.09. The molecular formula is C17H17BrN2O3. The van der Waals surface area contributed by atoms with Gasteiger partial charge in [0, 0.05) is 28.8 Å². The second kappa shape index (κ2) is 7.78. The molecule has 0 bridgehead atoms. The zero-order chi connectivity index (χ0) is 16.8. The Morgan fingerprint density at radius 1 is 1.17 bits per heavy atom. The molecule has 5 nitrogen and oxygen atoms in total. The van der Waals surface area contributed by atoms with Crippen molar-refractivity contribution in [1.82, 2.24) is 0 Å². The number of nitrogens with zero attached hydrogens (tertiary/aromatic N) is 1. The van der Waals surface area contributed by atoms with Gasteiger partial charge in [-0.05, 0) is 36.4 Å². The van der Waals surface area contributed by atoms with Crippen molar-refractivity contribution in [1.29, 1.82) is 0 Å². The molecule has 2 aromatic carbocycles. The van der Waals surface area contributed by atoms with Crippen LogP contribution in [0.15, 0.2) is 53.0 Å². The van der Waals surface area contributed by atoms with E-state index in [2.05, 4.69) is 21.2 Å². The first-order valence-electron chi connectivity index (χ1n) is 6.97. The van der Waals surface area contributed by atoms with Crippen molar-refractivity contribution >= 4 is 39.1 Å². The van der Waals surface area contributed by atoms with Gasteiger partial charge in [-0.15, -0.1) is 0 Å². The zero-order valence-electron chi connectivity index (χ0n) is 12.9. The van der Waals surface area contributed by atoms with Gasteiger partial charge in [-0.25, -0.2) is 0 Å². The van der Waals surface area contributed by atoms with Gasteiger partial charge in [-0.2, -0.15) is 0 Å². The number of carbonyl (C=O) groups excluding carboxylic acids is 2. The molecule has 23 heavy (non-hydrogen) atoms. The van der Waals surface area contributed by atoms with Gasteiger partial charge in [0.25, 0.3) is 0 Å². The van der Waals surface area contributed by atoms with Crippen LogP contribution in [0.5, 0.6) is 5.75 Å². The van der Waals surface area contributed by atoms with E-state index in [1.807, 2.05) is 12.1 Å². The third-order valence-electron chi connectivity index (χ3n) is 3.17. The summed E-state index contributed by atoms with van der Waals surface area (Å²) in [6, 6.07) is 14.3. The maximum absolute atomic E-state index is 12.2. The molecule has 0 atom stereocenters. The minimum atomic E-state index is -0.281. The Hall–Kier alpha value is -2.34. The number of methoxy groups -OCH3 is 1. The lowest BCUT2D eigenvalue weighted by Gasteiger charge is -2.20. The first-order chi connectivity index (χ1) is 11.0. The van der Waals surface area contributed by atoms with Crippen LogP contribution in [-0.2, 0) is 9.59 Å². The van der Waals surface area contributed by atoms with Crippen molar-refractivity contribution in [3.05, 3.63) is 53.0 Å². The highest BCUT2D eigenvalue weighted by atomic mass is 79.9. The molecule has 2 amide bonds. The second-order valence-corrected chi connectivity index (χ2v) is 5.78. The van der Waals surface area contributed by atoms with E-state index in [-0.39, 0.29) is 18.4 Å². The summed E-state index contributed by atoms with van der Waals surface area (Å²) in [7, 11) is 1.56. The molecule has 0 heterocycles. The Labute approximate surface area is 143 Å². The topological polar surface area (TPSA) is 58.6 Å². The SMILES string of the molecule is COc1cccc(NC(=O)CN(C(C)=O)c2ccc(Br)cc2)c1. The number of hydrogen-bond acceptors (Lipinski definition) is 3. The monoisotopic (exact) mass is 376 g/mol. The van der Waals surface area contributed by atoms with Crippen LogP contribution < -0.4 is 15.0 Å². The van der Waals surface area contributed by atoms with Crippen molar-refractivity contribution in [2.75, 3.05) is 23.9 Å². The molecule has 2 aromatic rings. The molecule has 0 spiro atoms. The van der Waals surface area contributed by atoms with Crippen LogP contribution in [0.25, 0.3) is 0 Å². The smallest absolute Gasteiger partial charge is 0.244 e. The largest absolute Gasteiger partial charge is 0.497 e. The molecule has 2 rings (SSSR count). The van der Waals surface area contributed by atoms with E-state index in [4.69, 9.17) is 4.74 Å². The summed E-state index contributed by atoms with van der Waals surface area (Å²) in [4.78, 5) is 25.5. The van der Waals surface area contributed by atoms with E-state index in [0.717, 1.165) is 4.47 Å². The van der Waals surface area contributed by atoms with Crippen LogP contribution in [0.2, 0.25) is 0 Å². The van der Waals surface area contributed by atoms with E-state index < -0.39 is 0 Å². The number of amides is 2. The molecule has 0 aliphatic heterocycles. The van der Waals surface area contributed by atoms with E-state index in [1.165, 1.54) is 11.8 Å². The van der Waals surface area contributed by atoms with Gasteiger partial charge in [-0.1, -0.05) is 22.0 Å². The van der Waals surface area contributed by atoms with E-state index >= 15 is 0 Å². The second-order valence-electron chi connectivity index (χ2n) is 4.86. The fraction of sp³-hybridized carbons (Fsp3) is 0.176. The van der Waals surface area contributed by atoms with E-state index in [1.54, 1.807) is 43.5 Å². The first-order valence-corrected chi connectivity index (χ1v) is 7.76. The maximum Gasteiger partial charge on any atom is 0.244 e. The Morgan fingerprint density at radius 2 is 1.87 bits per heavy atom. The highest BCUT2D eigenvalue weighted by molar-refractivity contribution is 9.10. The van der Waals surface area contributed by atoms with Gasteiger partial charge in [0.2, 0.25) is 11.8 Å². The van der Waals surface area contributed by atoms with Crippen LogP contribution in [0.3, 0.4) is 0 Å². The first kappa shape index (κ1) is 17.0. The fourth-order valence-electron chi connectivity index (χ4n) is 2.05. The quantitative estimate of drug-likeness (QED) is 0.869. The van der Waals surface area contributed by atoms with Crippen LogP contribution >= 0.6 is 15.9 Å². The number of halogens is 1. The molecule has 0 fully saturated rings. The Kier molecular flexibility index (Phi) is 5.76. The van der Waals surface area contributed by atoms with Gasteiger partial charge >= 0.3 is 0 Å². The number of nitrogens with one attached hydrogen (secondary N) is 1. The lowest BCUT2D eigenvalue weighted by Crippen LogP contribution is -2.36. The molecule has 0 unspecified atom stereocenters. The molecule has 0 saturated heterocycles. The molecular weight excluding hydrogens is 360 g/mol. The molecule has 6 heteroatoms. The van der Waals surface area contributed by atoms with Crippen molar-refractivity contribution in [3.63, 3.8) is 0 Å². The Bertz CT molecular complexity index is 701. The fourth-order valence-corrected chi connectivity index (χ4v) is 2.31. The van der Waals surface area contributed by atoms with E-state index in [0.29, 0.717) is 17.1 Å². The summed E-state index contributed by atoms with van der Waals surface area (Å²) >= 11 is 3.35. The summed E-state index contributed by atoms with van der Waals surface area (Å²) in [5, 5.41) is 2.76. The standard InChI is InChI=1S/C17H17BrN2O3/c1-12(21)20(15-8-6-13(18)7-9-15)11-17(22)19-14-4-3-5-16(10-14)23-2/h3-10H,11H2,1-2H3,(H,19,22). The van der Waals surface area contributed by atoms with Crippen molar-refractivity contribution in [2.45, 2.75) is 6.92 Å². The minimum absolute atomic E-state index is 0.0613. The maximum atomic E-state index is 12.2. The molecule has 0 radical (unpaired) electrons. The van der Waals surface area contributed by atoms with Gasteiger partial charge in [0.05, 0.1) is 7.11 Å². The summed E-state index contributed by atoms with van der Waals surface area (Å²) in [6.45, 7) is 1.37. The Morgan fingerprint density at radius 3 is 2.48 bits per heavy atom. The molecule has 0 aliphatic carbocycles. The van der Waals surface area contributed by atoms with Crippen molar-refractivity contribution < 1.29 is 14.3 Å². The molecule has 1 N–H and O–H groups in total. The van der Waals surface area contributed by atoms with Crippen molar-refractivity contribution in [3.8, 4) is 5.75 Å². The minimum Gasteiger partial charge on any atom is -0.497 e. The number of anilines is 2. The summed E-state index contributed by atoms with van der Waals surface area (Å²) in [5.74, 6) is 0.170. The van der Waals surface area contributed by atoms with Gasteiger partial charge in [0.15, 0.2) is 0 Å². The molecule has 0 aromatic heterocycles. The van der Waals surface area contributed by atoms with Crippen LogP contribution in [0.1, 0.15) is 6.92 Å². The lowest BCUT2D eigenvalue weighted by atomic mass is 10.2. The van der Waals surface area contributed by atoms with E-state index in [9.17, 15) is 9.59 Å². The van der Waals surface area contributed by atoms with Gasteiger partial charge in [0.1, 0.15) is 12.3 Å². The summed E-state index contributed by atoms with van der Waals surface area (Å²) in [5.41, 5.74) is 1.29. The number of carbonyl (C=O) groups is 2. The highest BCUT2D eigenvalue weighted by Gasteiger charge is 2.16. The van der Waals surface area contributed by atoms with Gasteiger partial charge < -0.3 is 15.0 Å². The van der Waals surface area contributed by atoms with Crippen molar-refractivity contribution in [2.24, 2.45) is 0 Å². The predicted octanol–water partition coefficient (Wildman–Crippen LogP) is 3.45. The number of hydrogen-bond donors (Lipinski definition) is 1. The van der Waals surface area contributed by atoms with Gasteiger partial charge in [-0.3, -0.25) is 9.59 Å². The van der Waals surface area contributed by atoms with Crippen LogP contribution in [-0.4, -0.2) is 25.5 Å². The summed E-state index contributed by atoms with van der Waals surface area (Å²) < 4.78 is 6.02. The number of ether oxygens (including phenoxy) is 1. The number of rotatable bonds is 5. The zero-order valence-corrected chi connectivity index (χ0v) is 14.5. The average molecular weight is 377 g/mol. The molecule has 0 aliphatic rings. The average Bonchev–Trinajstić information content (AvgIpc) is 2.53. The van der Waals surface area contributed by atoms with Crippen LogP contribution in [0.4, 0.5) is 11.4 Å².